The Bertz CT molecular complexity index is 265. The van der Waals surface area contributed by atoms with Gasteiger partial charge in [-0.2, -0.15) is 0 Å². The Hall–Kier alpha value is -1.54. The molecular formula is C9H14N2O3. The lowest BCUT2D eigenvalue weighted by atomic mass is 10.3. The summed E-state index contributed by atoms with van der Waals surface area (Å²) in [6.07, 6.45) is 0. The number of hydrogen-bond acceptors (Lipinski definition) is 4. The Labute approximate surface area is 83.0 Å². The van der Waals surface area contributed by atoms with Gasteiger partial charge in [0.15, 0.2) is 6.04 Å². The average Bonchev–Trinajstić information content (AvgIpc) is 2.17. The largest absolute Gasteiger partial charge is 0.464 e. The van der Waals surface area contributed by atoms with Crippen LogP contribution in [0, 0.1) is 11.8 Å². The lowest BCUT2D eigenvalue weighted by molar-refractivity contribution is -0.147. The molecule has 1 atom stereocenters. The molecule has 0 radical (unpaired) electrons. The second kappa shape index (κ2) is 6.92. The monoisotopic (exact) mass is 198 g/mol. The molecule has 5 heteroatoms. The van der Waals surface area contributed by atoms with Gasteiger partial charge in [0.2, 0.25) is 5.91 Å². The van der Waals surface area contributed by atoms with Crippen molar-refractivity contribution in [3.63, 3.8) is 0 Å². The van der Waals surface area contributed by atoms with Crippen molar-refractivity contribution in [2.45, 2.75) is 19.9 Å². The lowest BCUT2D eigenvalue weighted by Crippen LogP contribution is -2.46. The third kappa shape index (κ3) is 4.48. The number of esters is 1. The quantitative estimate of drug-likeness (QED) is 0.345. The van der Waals surface area contributed by atoms with E-state index >= 15 is 0 Å². The third-order valence-electron chi connectivity index (χ3n) is 1.35. The van der Waals surface area contributed by atoms with Gasteiger partial charge in [0.1, 0.15) is 0 Å². The molecular weight excluding hydrogens is 184 g/mol. The van der Waals surface area contributed by atoms with Crippen molar-refractivity contribution in [3.05, 3.63) is 0 Å². The summed E-state index contributed by atoms with van der Waals surface area (Å²) < 4.78 is 4.57. The van der Waals surface area contributed by atoms with Gasteiger partial charge in [-0.1, -0.05) is 5.92 Å². The Morgan fingerprint density at radius 2 is 2.21 bits per heavy atom. The first-order chi connectivity index (χ1) is 6.63. The minimum absolute atomic E-state index is 0.183. The van der Waals surface area contributed by atoms with Crippen LogP contribution in [0.5, 0.6) is 0 Å². The molecule has 0 rings (SSSR count). The summed E-state index contributed by atoms with van der Waals surface area (Å²) >= 11 is 0. The number of hydrogen-bond donors (Lipinski definition) is 2. The number of carbonyl (C=O) groups excluding carboxylic acids is 2. The predicted molar refractivity (Wildman–Crippen MR) is 51.1 cm³/mol. The summed E-state index contributed by atoms with van der Waals surface area (Å²) in [5.74, 6) is 3.91. The van der Waals surface area contributed by atoms with E-state index in [9.17, 15) is 9.59 Å². The fourth-order valence-corrected chi connectivity index (χ4v) is 0.669. The minimum Gasteiger partial charge on any atom is -0.464 e. The molecule has 1 amide bonds. The maximum absolute atomic E-state index is 11.1. The Morgan fingerprint density at radius 1 is 1.57 bits per heavy atom. The molecule has 78 valence electrons. The van der Waals surface area contributed by atoms with Crippen molar-refractivity contribution in [2.75, 3.05) is 13.2 Å². The molecule has 0 fully saturated rings. The molecule has 0 bridgehead atoms. The Balaban J connectivity index is 3.96. The van der Waals surface area contributed by atoms with Crippen LogP contribution < -0.4 is 11.1 Å². The number of ether oxygens (including phenoxy) is 1. The Morgan fingerprint density at radius 3 is 2.71 bits per heavy atom. The van der Waals surface area contributed by atoms with E-state index < -0.39 is 17.9 Å². The van der Waals surface area contributed by atoms with Crippen molar-refractivity contribution < 1.29 is 14.3 Å². The topological polar surface area (TPSA) is 81.4 Å². The van der Waals surface area contributed by atoms with Gasteiger partial charge < -0.3 is 15.8 Å². The van der Waals surface area contributed by atoms with Crippen molar-refractivity contribution in [1.29, 1.82) is 0 Å². The lowest BCUT2D eigenvalue weighted by Gasteiger charge is -2.09. The zero-order valence-electron chi connectivity index (χ0n) is 8.29. The zero-order valence-corrected chi connectivity index (χ0v) is 8.29. The van der Waals surface area contributed by atoms with E-state index in [0.29, 0.717) is 0 Å². The van der Waals surface area contributed by atoms with Gasteiger partial charge in [0.25, 0.3) is 0 Å². The maximum atomic E-state index is 11.1. The highest BCUT2D eigenvalue weighted by molar-refractivity contribution is 6.01. The van der Waals surface area contributed by atoms with Crippen LogP contribution in [0.25, 0.3) is 0 Å². The molecule has 1 unspecified atom stereocenters. The summed E-state index contributed by atoms with van der Waals surface area (Å²) in [6.45, 7) is 3.68. The van der Waals surface area contributed by atoms with E-state index in [-0.39, 0.29) is 13.2 Å². The molecule has 0 spiro atoms. The highest BCUT2D eigenvalue weighted by Gasteiger charge is 2.22. The molecule has 0 heterocycles. The van der Waals surface area contributed by atoms with E-state index in [1.165, 1.54) is 0 Å². The summed E-state index contributed by atoms with van der Waals surface area (Å²) in [7, 11) is 0. The van der Waals surface area contributed by atoms with Crippen LogP contribution in [-0.4, -0.2) is 31.1 Å². The van der Waals surface area contributed by atoms with Crippen molar-refractivity contribution >= 4 is 11.9 Å². The van der Waals surface area contributed by atoms with E-state index in [1.54, 1.807) is 13.8 Å². The Kier molecular flexibility index (Phi) is 6.16. The predicted octanol–water partition coefficient (Wildman–Crippen LogP) is -0.984. The normalized spacial score (nSPS) is 10.8. The van der Waals surface area contributed by atoms with E-state index in [1.807, 2.05) is 0 Å². The molecule has 0 saturated carbocycles. The van der Waals surface area contributed by atoms with Crippen LogP contribution in [-0.2, 0) is 14.3 Å². The SMILES string of the molecule is CC#CCNC(=O)C(N)C(=O)OCC. The van der Waals surface area contributed by atoms with E-state index in [4.69, 9.17) is 5.73 Å². The second-order valence-corrected chi connectivity index (χ2v) is 2.37. The van der Waals surface area contributed by atoms with E-state index in [0.717, 1.165) is 0 Å². The van der Waals surface area contributed by atoms with Crippen molar-refractivity contribution in [1.82, 2.24) is 5.32 Å². The second-order valence-electron chi connectivity index (χ2n) is 2.37. The number of nitrogens with two attached hydrogens (primary N) is 1. The van der Waals surface area contributed by atoms with Crippen LogP contribution in [0.4, 0.5) is 0 Å². The minimum atomic E-state index is -1.27. The van der Waals surface area contributed by atoms with Crippen molar-refractivity contribution in [2.24, 2.45) is 5.73 Å². The zero-order chi connectivity index (χ0) is 11.0. The molecule has 0 aliphatic rings. The summed E-state index contributed by atoms with van der Waals surface area (Å²) in [4.78, 5) is 22.1. The smallest absolute Gasteiger partial charge is 0.332 e. The molecule has 0 aliphatic carbocycles. The summed E-state index contributed by atoms with van der Waals surface area (Å²) in [6, 6.07) is -1.27. The summed E-state index contributed by atoms with van der Waals surface area (Å²) in [5.41, 5.74) is 5.29. The number of carbonyl (C=O) groups is 2. The van der Waals surface area contributed by atoms with Gasteiger partial charge >= 0.3 is 5.97 Å². The van der Waals surface area contributed by atoms with Gasteiger partial charge in [-0.25, -0.2) is 4.79 Å². The third-order valence-corrected chi connectivity index (χ3v) is 1.35. The molecule has 14 heavy (non-hydrogen) atoms. The first-order valence-electron chi connectivity index (χ1n) is 4.23. The maximum Gasteiger partial charge on any atom is 0.332 e. The number of rotatable bonds is 4. The molecule has 0 aromatic carbocycles. The molecule has 0 aromatic rings. The van der Waals surface area contributed by atoms with E-state index in [2.05, 4.69) is 21.9 Å². The van der Waals surface area contributed by atoms with Gasteiger partial charge in [-0.3, -0.25) is 4.79 Å². The molecule has 3 N–H and O–H groups in total. The average molecular weight is 198 g/mol. The van der Waals surface area contributed by atoms with Crippen molar-refractivity contribution in [3.8, 4) is 11.8 Å². The molecule has 0 aliphatic heterocycles. The number of amides is 1. The molecule has 0 aromatic heterocycles. The fraction of sp³-hybridized carbons (Fsp3) is 0.556. The number of nitrogens with one attached hydrogen (secondary N) is 1. The molecule has 5 nitrogen and oxygen atoms in total. The van der Waals surface area contributed by atoms with Gasteiger partial charge in [0.05, 0.1) is 13.2 Å². The van der Waals surface area contributed by atoms with Crippen LogP contribution in [0.2, 0.25) is 0 Å². The highest BCUT2D eigenvalue weighted by atomic mass is 16.5. The van der Waals surface area contributed by atoms with Gasteiger partial charge in [-0.05, 0) is 13.8 Å². The van der Waals surface area contributed by atoms with Gasteiger partial charge in [0, 0.05) is 0 Å². The highest BCUT2D eigenvalue weighted by Crippen LogP contribution is 1.85. The van der Waals surface area contributed by atoms with Crippen LogP contribution >= 0.6 is 0 Å². The van der Waals surface area contributed by atoms with Gasteiger partial charge in [-0.15, -0.1) is 5.92 Å². The summed E-state index contributed by atoms with van der Waals surface area (Å²) in [5, 5.41) is 2.38. The fourth-order valence-electron chi connectivity index (χ4n) is 0.669. The standard InChI is InChI=1S/C9H14N2O3/c1-3-5-6-11-8(12)7(10)9(13)14-4-2/h7H,4,6,10H2,1-2H3,(H,11,12). The first-order valence-corrected chi connectivity index (χ1v) is 4.23. The van der Waals surface area contributed by atoms with Crippen LogP contribution in [0.15, 0.2) is 0 Å². The molecule has 0 saturated heterocycles. The first kappa shape index (κ1) is 12.5. The van der Waals surface area contributed by atoms with Crippen LogP contribution in [0.1, 0.15) is 13.8 Å². The van der Waals surface area contributed by atoms with Crippen LogP contribution in [0.3, 0.4) is 0 Å².